The monoisotopic (exact) mass is 663 g/mol. The summed E-state index contributed by atoms with van der Waals surface area (Å²) in [6.07, 6.45) is 3.92. The van der Waals surface area contributed by atoms with E-state index >= 15 is 0 Å². The third kappa shape index (κ3) is 7.66. The number of nitrogens with one attached hydrogen (secondary N) is 2. The van der Waals surface area contributed by atoms with Crippen molar-refractivity contribution in [1.29, 1.82) is 0 Å². The van der Waals surface area contributed by atoms with Gasteiger partial charge >= 0.3 is 0 Å². The molecule has 2 N–H and O–H groups in total. The highest BCUT2D eigenvalue weighted by Gasteiger charge is 2.71. The number of halogens is 3. The summed E-state index contributed by atoms with van der Waals surface area (Å²) in [7, 11) is 3.20. The van der Waals surface area contributed by atoms with Crippen LogP contribution in [0.5, 0.6) is 5.75 Å². The molecule has 0 spiro atoms. The highest BCUT2D eigenvalue weighted by molar-refractivity contribution is 7.19. The first-order chi connectivity index (χ1) is 21.7. The minimum Gasteiger partial charge on any atom is -0.496 e. The molecule has 2 bridgehead atoms. The fourth-order valence-corrected chi connectivity index (χ4v) is 7.47. The van der Waals surface area contributed by atoms with E-state index in [0.717, 1.165) is 42.5 Å². The fourth-order valence-electron chi connectivity index (χ4n) is 6.51. The molecule has 46 heavy (non-hydrogen) atoms. The fraction of sp³-hybridized carbons (Fsp3) is 0.559. The summed E-state index contributed by atoms with van der Waals surface area (Å²) >= 11 is 1.31. The summed E-state index contributed by atoms with van der Waals surface area (Å²) in [4.78, 5) is 30.8. The van der Waals surface area contributed by atoms with Gasteiger partial charge in [0.15, 0.2) is 0 Å². The van der Waals surface area contributed by atoms with Crippen molar-refractivity contribution >= 4 is 39.1 Å². The summed E-state index contributed by atoms with van der Waals surface area (Å²) in [5.74, 6) is -3.04. The largest absolute Gasteiger partial charge is 0.496 e. The highest BCUT2D eigenvalue weighted by atomic mass is 32.1. The molecule has 8 nitrogen and oxygen atoms in total. The minimum absolute atomic E-state index is 0.00610. The van der Waals surface area contributed by atoms with Crippen molar-refractivity contribution in [3.8, 4) is 5.75 Å². The van der Waals surface area contributed by atoms with Crippen LogP contribution < -0.4 is 15.4 Å². The summed E-state index contributed by atoms with van der Waals surface area (Å²) in [5, 5.41) is 6.12. The Morgan fingerprint density at radius 2 is 1.85 bits per heavy atom. The molecule has 3 aliphatic rings. The maximum Gasteiger partial charge on any atom is 0.273 e. The molecule has 12 heteroatoms. The summed E-state index contributed by atoms with van der Waals surface area (Å²) in [6, 6.07) is 6.71. The Bertz CT molecular complexity index is 1540. The molecular formula is C34H44F3N3O5S. The van der Waals surface area contributed by atoms with E-state index in [0.29, 0.717) is 16.0 Å². The third-order valence-corrected chi connectivity index (χ3v) is 9.64. The second-order valence-corrected chi connectivity index (χ2v) is 14.0. The quantitative estimate of drug-likeness (QED) is 0.205. The van der Waals surface area contributed by atoms with E-state index in [-0.39, 0.29) is 36.3 Å². The number of ether oxygens (including phenoxy) is 3. The number of hydrogen-bond acceptors (Lipinski definition) is 7. The standard InChI is InChI=1S/C24H22F3N3O4S.C10H22O/c1-12-28-15-6-7-17(33-3)18(19(15)35-12)21(32)29-16-8-13(25)4-5-14(16)20(31)30-23-9-24(10-23,34-11-23)22(2,26)27;1-5-6-9(2)7-10(3)8-11-4/h4-8H,9-11H2,1-3H3,(H,29,32)(H,30,31);9-10H,5-8H2,1-4H3. The van der Waals surface area contributed by atoms with Gasteiger partial charge in [0.2, 0.25) is 0 Å². The van der Waals surface area contributed by atoms with Gasteiger partial charge in [0.05, 0.1) is 45.7 Å². The molecule has 3 aromatic rings. The molecule has 0 radical (unpaired) electrons. The second kappa shape index (κ2) is 14.3. The van der Waals surface area contributed by atoms with Gasteiger partial charge in [-0.2, -0.15) is 0 Å². The molecule has 252 valence electrons. The number of carbonyl (C=O) groups is 2. The second-order valence-electron chi connectivity index (χ2n) is 12.8. The normalized spacial score (nSPS) is 21.5. The topological polar surface area (TPSA) is 98.8 Å². The zero-order chi connectivity index (χ0) is 33.9. The van der Waals surface area contributed by atoms with Crippen molar-refractivity contribution in [2.24, 2.45) is 11.8 Å². The van der Waals surface area contributed by atoms with E-state index < -0.39 is 34.7 Å². The molecule has 2 saturated heterocycles. The number of anilines is 1. The highest BCUT2D eigenvalue weighted by Crippen LogP contribution is 2.58. The molecule has 3 fully saturated rings. The first-order valence-corrected chi connectivity index (χ1v) is 16.4. The van der Waals surface area contributed by atoms with Crippen LogP contribution in [-0.4, -0.2) is 61.3 Å². The van der Waals surface area contributed by atoms with Gasteiger partial charge in [0, 0.05) is 33.5 Å². The van der Waals surface area contributed by atoms with Crippen LogP contribution in [0.2, 0.25) is 0 Å². The van der Waals surface area contributed by atoms with Crippen LogP contribution in [0.1, 0.15) is 85.5 Å². The Balaban J connectivity index is 0.000000375. The van der Waals surface area contributed by atoms with Crippen molar-refractivity contribution in [2.75, 3.05) is 32.8 Å². The van der Waals surface area contributed by atoms with Crippen LogP contribution in [0.15, 0.2) is 30.3 Å². The van der Waals surface area contributed by atoms with E-state index in [1.807, 2.05) is 6.92 Å². The van der Waals surface area contributed by atoms with Gasteiger partial charge in [-0.15, -0.1) is 11.3 Å². The molecule has 2 amide bonds. The van der Waals surface area contributed by atoms with Crippen molar-refractivity contribution < 1.29 is 37.0 Å². The number of amides is 2. The first kappa shape index (κ1) is 35.6. The van der Waals surface area contributed by atoms with Crippen molar-refractivity contribution in [1.82, 2.24) is 10.3 Å². The van der Waals surface area contributed by atoms with Gasteiger partial charge in [0.1, 0.15) is 22.7 Å². The Kier molecular flexibility index (Phi) is 11.1. The van der Waals surface area contributed by atoms with Gasteiger partial charge in [-0.3, -0.25) is 9.59 Å². The molecule has 3 heterocycles. The Hall–Kier alpha value is -3.22. The predicted molar refractivity (Wildman–Crippen MR) is 174 cm³/mol. The Labute approximate surface area is 272 Å². The number of rotatable bonds is 12. The Morgan fingerprint density at radius 1 is 1.13 bits per heavy atom. The van der Waals surface area contributed by atoms with E-state index in [1.165, 1.54) is 43.8 Å². The summed E-state index contributed by atoms with van der Waals surface area (Å²) in [5.41, 5.74) is -1.76. The van der Waals surface area contributed by atoms with Crippen molar-refractivity contribution in [3.63, 3.8) is 0 Å². The number of fused-ring (bicyclic) bond motifs is 2. The van der Waals surface area contributed by atoms with E-state index in [9.17, 15) is 22.8 Å². The lowest BCUT2D eigenvalue weighted by atomic mass is 9.65. The lowest BCUT2D eigenvalue weighted by Crippen LogP contribution is -2.64. The van der Waals surface area contributed by atoms with Gasteiger partial charge in [-0.25, -0.2) is 18.2 Å². The molecule has 2 unspecified atom stereocenters. The number of thiazole rings is 1. The van der Waals surface area contributed by atoms with Crippen LogP contribution in [0.4, 0.5) is 18.9 Å². The van der Waals surface area contributed by atoms with Crippen molar-refractivity contribution in [3.05, 3.63) is 52.3 Å². The number of nitrogens with zero attached hydrogens (tertiary/aromatic N) is 1. The predicted octanol–water partition coefficient (Wildman–Crippen LogP) is 7.79. The van der Waals surface area contributed by atoms with Crippen LogP contribution in [0.25, 0.3) is 10.2 Å². The van der Waals surface area contributed by atoms with E-state index in [2.05, 4.69) is 36.4 Å². The smallest absolute Gasteiger partial charge is 0.273 e. The van der Waals surface area contributed by atoms with Crippen LogP contribution >= 0.6 is 11.3 Å². The van der Waals surface area contributed by atoms with E-state index in [4.69, 9.17) is 14.2 Å². The average molecular weight is 664 g/mol. The zero-order valence-corrected chi connectivity index (χ0v) is 28.3. The lowest BCUT2D eigenvalue weighted by Gasteiger charge is -2.47. The number of carbonyl (C=O) groups excluding carboxylic acids is 2. The Morgan fingerprint density at radius 3 is 2.46 bits per heavy atom. The molecule has 2 aromatic carbocycles. The first-order valence-electron chi connectivity index (χ1n) is 15.5. The van der Waals surface area contributed by atoms with Gasteiger partial charge in [0.25, 0.3) is 17.7 Å². The van der Waals surface area contributed by atoms with Gasteiger partial charge in [-0.05, 0) is 55.5 Å². The maximum absolute atomic E-state index is 14.1. The molecule has 2 atom stereocenters. The minimum atomic E-state index is -3.04. The number of benzene rings is 2. The lowest BCUT2D eigenvalue weighted by molar-refractivity contribution is -0.188. The number of hydrogen-bond donors (Lipinski definition) is 2. The van der Waals surface area contributed by atoms with Crippen LogP contribution in [0.3, 0.4) is 0 Å². The summed E-state index contributed by atoms with van der Waals surface area (Å²) < 4.78 is 58.3. The van der Waals surface area contributed by atoms with Gasteiger partial charge < -0.3 is 24.8 Å². The van der Waals surface area contributed by atoms with Crippen molar-refractivity contribution in [2.45, 2.75) is 83.8 Å². The summed E-state index contributed by atoms with van der Waals surface area (Å²) in [6.45, 7) is 10.3. The molecular weight excluding hydrogens is 619 g/mol. The molecule has 1 aliphatic carbocycles. The number of alkyl halides is 2. The number of methoxy groups -OCH3 is 2. The van der Waals surface area contributed by atoms with Crippen LogP contribution in [0, 0.1) is 24.6 Å². The number of aryl methyl sites for hydroxylation is 1. The van der Waals surface area contributed by atoms with Crippen LogP contribution in [-0.2, 0) is 9.47 Å². The zero-order valence-electron chi connectivity index (χ0n) is 27.5. The molecule has 2 aliphatic heterocycles. The number of aromatic nitrogens is 1. The molecule has 1 aromatic heterocycles. The SMILES string of the molecule is CCCC(C)CC(C)COC.COc1ccc2nc(C)sc2c1C(=O)Nc1cc(F)ccc1C(=O)NC12COC(C(C)(F)F)(C1)C2. The average Bonchev–Trinajstić information content (AvgIpc) is 3.64. The van der Waals surface area contributed by atoms with E-state index in [1.54, 1.807) is 19.2 Å². The van der Waals surface area contributed by atoms with Gasteiger partial charge in [-0.1, -0.05) is 33.6 Å². The molecule has 6 rings (SSSR count). The molecule has 1 saturated carbocycles. The third-order valence-electron chi connectivity index (χ3n) is 8.64. The maximum atomic E-state index is 14.1.